The van der Waals surface area contributed by atoms with Gasteiger partial charge in [-0.2, -0.15) is 0 Å². The smallest absolute Gasteiger partial charge is 0.230 e. The minimum atomic E-state index is 0.110. The fraction of sp³-hybridized carbons (Fsp3) is 0.500. The van der Waals surface area contributed by atoms with E-state index in [1.54, 1.807) is 6.20 Å². The Labute approximate surface area is 159 Å². The van der Waals surface area contributed by atoms with Gasteiger partial charge in [-0.15, -0.1) is 0 Å². The van der Waals surface area contributed by atoms with Gasteiger partial charge < -0.3 is 10.2 Å². The Hall–Kier alpha value is -1.79. The van der Waals surface area contributed by atoms with Crippen molar-refractivity contribution in [3.05, 3.63) is 42.2 Å². The van der Waals surface area contributed by atoms with Crippen LogP contribution in [0.3, 0.4) is 0 Å². The molecule has 6 heteroatoms. The molecule has 2 fully saturated rings. The van der Waals surface area contributed by atoms with E-state index >= 15 is 0 Å². The van der Waals surface area contributed by atoms with Gasteiger partial charge in [0, 0.05) is 37.6 Å². The van der Waals surface area contributed by atoms with Crippen LogP contribution < -0.4 is 5.32 Å². The number of carbonyl (C=O) groups is 1. The molecule has 2 heterocycles. The Morgan fingerprint density at radius 2 is 2.00 bits per heavy atom. The second-order valence-electron chi connectivity index (χ2n) is 7.26. The van der Waals surface area contributed by atoms with Gasteiger partial charge in [0.2, 0.25) is 5.91 Å². The summed E-state index contributed by atoms with van der Waals surface area (Å²) in [5.41, 5.74) is 2.31. The maximum atomic E-state index is 12.4. The van der Waals surface area contributed by atoms with Crippen LogP contribution >= 0.6 is 11.8 Å². The van der Waals surface area contributed by atoms with Crippen molar-refractivity contribution in [3.63, 3.8) is 0 Å². The van der Waals surface area contributed by atoms with Gasteiger partial charge in [-0.1, -0.05) is 30.0 Å². The van der Waals surface area contributed by atoms with E-state index in [4.69, 9.17) is 0 Å². The molecule has 0 unspecified atom stereocenters. The summed E-state index contributed by atoms with van der Waals surface area (Å²) in [6.07, 6.45) is 8.62. The van der Waals surface area contributed by atoms with Crippen LogP contribution in [0.1, 0.15) is 31.2 Å². The maximum absolute atomic E-state index is 12.4. The summed E-state index contributed by atoms with van der Waals surface area (Å²) in [5.74, 6) is 0.519. The fourth-order valence-corrected chi connectivity index (χ4v) is 4.44. The summed E-state index contributed by atoms with van der Waals surface area (Å²) in [4.78, 5) is 19.4. The summed E-state index contributed by atoms with van der Waals surface area (Å²) < 4.78 is 2.06. The molecule has 4 rings (SSSR count). The highest BCUT2D eigenvalue weighted by Crippen LogP contribution is 2.29. The monoisotopic (exact) mass is 370 g/mol. The number of imidazole rings is 1. The van der Waals surface area contributed by atoms with Gasteiger partial charge in [0.1, 0.15) is 0 Å². The van der Waals surface area contributed by atoms with Crippen molar-refractivity contribution in [2.24, 2.45) is 0 Å². The van der Waals surface area contributed by atoms with E-state index in [9.17, 15) is 4.79 Å². The van der Waals surface area contributed by atoms with E-state index in [0.717, 1.165) is 42.8 Å². The van der Waals surface area contributed by atoms with Crippen LogP contribution in [0.5, 0.6) is 0 Å². The van der Waals surface area contributed by atoms with Crippen molar-refractivity contribution in [3.8, 4) is 5.69 Å². The topological polar surface area (TPSA) is 50.2 Å². The number of hydrogen-bond donors (Lipinski definition) is 1. The molecule has 1 saturated carbocycles. The molecule has 2 aliphatic rings. The van der Waals surface area contributed by atoms with Crippen LogP contribution in [0.2, 0.25) is 0 Å². The number of aryl methyl sites for hydroxylation is 1. The minimum absolute atomic E-state index is 0.110. The Balaban J connectivity index is 1.29. The average molecular weight is 371 g/mol. The van der Waals surface area contributed by atoms with Gasteiger partial charge in [0.15, 0.2) is 5.16 Å². The van der Waals surface area contributed by atoms with Crippen LogP contribution in [0, 0.1) is 6.92 Å². The molecule has 5 nitrogen and oxygen atoms in total. The third kappa shape index (κ3) is 4.13. The Morgan fingerprint density at radius 1 is 1.23 bits per heavy atom. The molecule has 1 aromatic heterocycles. The number of thioether (sulfide) groups is 1. The van der Waals surface area contributed by atoms with E-state index in [2.05, 4.69) is 38.8 Å². The van der Waals surface area contributed by atoms with Crippen LogP contribution in [0.25, 0.3) is 5.69 Å². The third-order valence-corrected chi connectivity index (χ3v) is 6.24. The number of aromatic nitrogens is 2. The van der Waals surface area contributed by atoms with Crippen LogP contribution in [0.4, 0.5) is 0 Å². The van der Waals surface area contributed by atoms with Crippen molar-refractivity contribution < 1.29 is 4.79 Å². The predicted molar refractivity (Wildman–Crippen MR) is 105 cm³/mol. The van der Waals surface area contributed by atoms with Crippen molar-refractivity contribution in [2.45, 2.75) is 49.8 Å². The minimum Gasteiger partial charge on any atom is -0.353 e. The number of piperidine rings is 1. The van der Waals surface area contributed by atoms with Crippen LogP contribution in [-0.4, -0.2) is 51.3 Å². The lowest BCUT2D eigenvalue weighted by molar-refractivity contribution is -0.119. The highest BCUT2D eigenvalue weighted by Gasteiger charge is 2.32. The van der Waals surface area contributed by atoms with Crippen molar-refractivity contribution in [1.29, 1.82) is 0 Å². The number of hydrogen-bond acceptors (Lipinski definition) is 4. The molecule has 1 aliphatic carbocycles. The molecule has 1 aliphatic heterocycles. The molecule has 1 amide bonds. The molecular weight excluding hydrogens is 344 g/mol. The average Bonchev–Trinajstić information content (AvgIpc) is 3.39. The van der Waals surface area contributed by atoms with Crippen molar-refractivity contribution in [2.75, 3.05) is 18.8 Å². The molecule has 26 heavy (non-hydrogen) atoms. The highest BCUT2D eigenvalue weighted by molar-refractivity contribution is 7.99. The zero-order valence-corrected chi connectivity index (χ0v) is 16.0. The maximum Gasteiger partial charge on any atom is 0.230 e. The number of nitrogens with zero attached hydrogens (tertiary/aromatic N) is 3. The van der Waals surface area contributed by atoms with Gasteiger partial charge in [0.05, 0.1) is 11.4 Å². The predicted octanol–water partition coefficient (Wildman–Crippen LogP) is 3.02. The van der Waals surface area contributed by atoms with E-state index in [0.29, 0.717) is 11.8 Å². The lowest BCUT2D eigenvalue weighted by Gasteiger charge is -2.32. The summed E-state index contributed by atoms with van der Waals surface area (Å²) in [6.45, 7) is 4.34. The molecular formula is C20H26N4OS. The number of nitrogens with one attached hydrogen (secondary N) is 1. The summed E-state index contributed by atoms with van der Waals surface area (Å²) in [7, 11) is 0. The SMILES string of the molecule is Cc1ccccc1-n1ccnc1SCC(=O)NC1CCN(C2CC2)CC1. The number of benzene rings is 1. The second-order valence-corrected chi connectivity index (χ2v) is 8.21. The Bertz CT molecular complexity index is 763. The number of likely N-dealkylation sites (tertiary alicyclic amines) is 1. The molecule has 1 N–H and O–H groups in total. The van der Waals surface area contributed by atoms with Crippen LogP contribution in [0.15, 0.2) is 41.8 Å². The largest absolute Gasteiger partial charge is 0.353 e. The first kappa shape index (κ1) is 17.6. The lowest BCUT2D eigenvalue weighted by atomic mass is 10.1. The van der Waals surface area contributed by atoms with E-state index in [1.807, 2.05) is 18.3 Å². The lowest BCUT2D eigenvalue weighted by Crippen LogP contribution is -2.45. The first-order chi connectivity index (χ1) is 12.7. The first-order valence-electron chi connectivity index (χ1n) is 9.46. The number of para-hydroxylation sites is 1. The molecule has 0 atom stereocenters. The van der Waals surface area contributed by atoms with Crippen LogP contribution in [-0.2, 0) is 4.79 Å². The van der Waals surface area contributed by atoms with Gasteiger partial charge in [-0.05, 0) is 44.2 Å². The number of carbonyl (C=O) groups excluding carboxylic acids is 1. The zero-order chi connectivity index (χ0) is 17.9. The van der Waals surface area contributed by atoms with Gasteiger partial charge >= 0.3 is 0 Å². The van der Waals surface area contributed by atoms with Gasteiger partial charge in [-0.3, -0.25) is 9.36 Å². The Kier molecular flexibility index (Phi) is 5.31. The standard InChI is InChI=1S/C20H26N4OS/c1-15-4-2-3-5-18(15)24-13-10-21-20(24)26-14-19(25)22-16-8-11-23(12-9-16)17-6-7-17/h2-5,10,13,16-17H,6-9,11-12,14H2,1H3,(H,22,25). The molecule has 0 spiro atoms. The summed E-state index contributed by atoms with van der Waals surface area (Å²) >= 11 is 1.50. The quantitative estimate of drug-likeness (QED) is 0.794. The molecule has 1 aromatic carbocycles. The third-order valence-electron chi connectivity index (χ3n) is 5.27. The second kappa shape index (κ2) is 7.84. The molecule has 2 aromatic rings. The molecule has 0 bridgehead atoms. The number of rotatable bonds is 6. The van der Waals surface area contributed by atoms with E-state index in [-0.39, 0.29) is 5.91 Å². The molecule has 0 radical (unpaired) electrons. The molecule has 1 saturated heterocycles. The van der Waals surface area contributed by atoms with E-state index < -0.39 is 0 Å². The van der Waals surface area contributed by atoms with Crippen molar-refractivity contribution >= 4 is 17.7 Å². The summed E-state index contributed by atoms with van der Waals surface area (Å²) in [6, 6.07) is 9.39. The highest BCUT2D eigenvalue weighted by atomic mass is 32.2. The summed E-state index contributed by atoms with van der Waals surface area (Å²) in [5, 5.41) is 4.07. The van der Waals surface area contributed by atoms with Gasteiger partial charge in [-0.25, -0.2) is 4.98 Å². The zero-order valence-electron chi connectivity index (χ0n) is 15.2. The Morgan fingerprint density at radius 3 is 2.73 bits per heavy atom. The van der Waals surface area contributed by atoms with Gasteiger partial charge in [0.25, 0.3) is 0 Å². The number of amides is 1. The van der Waals surface area contributed by atoms with E-state index in [1.165, 1.54) is 30.2 Å². The molecule has 138 valence electrons. The van der Waals surface area contributed by atoms with Crippen molar-refractivity contribution in [1.82, 2.24) is 19.8 Å². The fourth-order valence-electron chi connectivity index (χ4n) is 3.66. The normalized spacial score (nSPS) is 18.8. The first-order valence-corrected chi connectivity index (χ1v) is 10.4.